The van der Waals surface area contributed by atoms with Crippen molar-refractivity contribution in [2.75, 3.05) is 0 Å². The van der Waals surface area contributed by atoms with Gasteiger partial charge in [0.15, 0.2) is 5.78 Å². The van der Waals surface area contributed by atoms with Crippen molar-refractivity contribution in [3.8, 4) is 6.07 Å². The van der Waals surface area contributed by atoms with Gasteiger partial charge < -0.3 is 0 Å². The van der Waals surface area contributed by atoms with Gasteiger partial charge in [0.1, 0.15) is 0 Å². The molecule has 1 aromatic carbocycles. The Morgan fingerprint density at radius 1 is 1.27 bits per heavy atom. The monoisotopic (exact) mass is 213 g/mol. The van der Waals surface area contributed by atoms with E-state index in [-0.39, 0.29) is 12.0 Å². The summed E-state index contributed by atoms with van der Waals surface area (Å²) in [6, 6.07) is 5.43. The molecule has 0 aliphatic heterocycles. The van der Waals surface area contributed by atoms with Crippen LogP contribution in [0.2, 0.25) is 0 Å². The molecular weight excluding hydrogens is 207 g/mol. The molecular formula is C10H6F3NO. The van der Waals surface area contributed by atoms with E-state index in [9.17, 15) is 18.0 Å². The lowest BCUT2D eigenvalue weighted by Gasteiger charge is -2.06. The van der Waals surface area contributed by atoms with Gasteiger partial charge >= 0.3 is 6.18 Å². The predicted octanol–water partition coefficient (Wildman–Crippen LogP) is 2.80. The van der Waals surface area contributed by atoms with Crippen LogP contribution in [0.5, 0.6) is 0 Å². The van der Waals surface area contributed by atoms with Crippen molar-refractivity contribution in [1.29, 1.82) is 5.26 Å². The number of carbonyl (C=O) groups is 1. The van der Waals surface area contributed by atoms with Gasteiger partial charge in [0, 0.05) is 5.56 Å². The van der Waals surface area contributed by atoms with E-state index in [0.717, 1.165) is 24.3 Å². The third-order valence-electron chi connectivity index (χ3n) is 1.77. The van der Waals surface area contributed by atoms with Gasteiger partial charge in [-0.3, -0.25) is 4.79 Å². The molecule has 0 aliphatic rings. The second-order valence-corrected chi connectivity index (χ2v) is 2.83. The highest BCUT2D eigenvalue weighted by Gasteiger charge is 2.30. The van der Waals surface area contributed by atoms with Crippen LogP contribution >= 0.6 is 0 Å². The molecule has 0 amide bonds. The quantitative estimate of drug-likeness (QED) is 0.708. The standard InChI is InChI=1S/C10H6F3NO/c11-10(12,13)8-3-1-7(2-4-8)9(15)5-6-14/h1-4H,5H2. The van der Waals surface area contributed by atoms with Crippen molar-refractivity contribution >= 4 is 5.78 Å². The van der Waals surface area contributed by atoms with Crippen molar-refractivity contribution in [3.05, 3.63) is 35.4 Å². The largest absolute Gasteiger partial charge is 0.416 e. The maximum atomic E-state index is 12.1. The SMILES string of the molecule is N#CCC(=O)c1ccc(C(F)(F)F)cc1. The number of ketones is 1. The summed E-state index contributed by atoms with van der Waals surface area (Å²) in [6.07, 6.45) is -4.73. The van der Waals surface area contributed by atoms with Gasteiger partial charge in [-0.1, -0.05) is 12.1 Å². The van der Waals surface area contributed by atoms with Crippen LogP contribution in [0.25, 0.3) is 0 Å². The molecule has 0 saturated carbocycles. The number of hydrogen-bond acceptors (Lipinski definition) is 2. The number of carbonyl (C=O) groups excluding carboxylic acids is 1. The van der Waals surface area contributed by atoms with Crippen LogP contribution in [0.3, 0.4) is 0 Å². The van der Waals surface area contributed by atoms with Gasteiger partial charge in [-0.25, -0.2) is 0 Å². The first kappa shape index (κ1) is 11.2. The lowest BCUT2D eigenvalue weighted by atomic mass is 10.1. The molecule has 0 heterocycles. The molecule has 0 atom stereocenters. The summed E-state index contributed by atoms with van der Waals surface area (Å²) in [4.78, 5) is 11.1. The number of rotatable bonds is 2. The summed E-state index contributed by atoms with van der Waals surface area (Å²) in [5.74, 6) is -0.480. The average Bonchev–Trinajstić information content (AvgIpc) is 2.17. The zero-order valence-electron chi connectivity index (χ0n) is 7.51. The minimum Gasteiger partial charge on any atom is -0.293 e. The molecule has 0 bridgehead atoms. The summed E-state index contributed by atoms with van der Waals surface area (Å²) in [5.41, 5.74) is -0.694. The molecule has 1 rings (SSSR count). The Hall–Kier alpha value is -1.83. The molecule has 0 unspecified atom stereocenters. The Balaban J connectivity index is 2.92. The predicted molar refractivity (Wildman–Crippen MR) is 46.0 cm³/mol. The third-order valence-corrected chi connectivity index (χ3v) is 1.77. The summed E-state index contributed by atoms with van der Waals surface area (Å²) in [6.45, 7) is 0. The fourth-order valence-electron chi connectivity index (χ4n) is 1.02. The van der Waals surface area contributed by atoms with Crippen LogP contribution in [0.15, 0.2) is 24.3 Å². The lowest BCUT2D eigenvalue weighted by molar-refractivity contribution is -0.137. The van der Waals surface area contributed by atoms with Crippen LogP contribution < -0.4 is 0 Å². The Morgan fingerprint density at radius 2 is 1.80 bits per heavy atom. The second kappa shape index (κ2) is 4.13. The number of hydrogen-bond donors (Lipinski definition) is 0. The lowest BCUT2D eigenvalue weighted by Crippen LogP contribution is -2.05. The molecule has 5 heteroatoms. The molecule has 0 aromatic heterocycles. The number of nitriles is 1. The highest BCUT2D eigenvalue weighted by Crippen LogP contribution is 2.29. The fraction of sp³-hybridized carbons (Fsp3) is 0.200. The topological polar surface area (TPSA) is 40.9 Å². The molecule has 15 heavy (non-hydrogen) atoms. The van der Waals surface area contributed by atoms with E-state index in [1.165, 1.54) is 0 Å². The highest BCUT2D eigenvalue weighted by molar-refractivity contribution is 5.97. The number of halogens is 3. The molecule has 0 radical (unpaired) electrons. The van der Waals surface area contributed by atoms with Crippen LogP contribution in [-0.4, -0.2) is 5.78 Å². The Labute approximate surface area is 83.9 Å². The van der Waals surface area contributed by atoms with Crippen LogP contribution in [0.4, 0.5) is 13.2 Å². The summed E-state index contributed by atoms with van der Waals surface area (Å²) >= 11 is 0. The average molecular weight is 213 g/mol. The van der Waals surface area contributed by atoms with E-state index in [1.807, 2.05) is 0 Å². The number of Topliss-reactive ketones (excluding diaryl/α,β-unsaturated/α-hetero) is 1. The Bertz CT molecular complexity index is 400. The van der Waals surface area contributed by atoms with E-state index >= 15 is 0 Å². The Morgan fingerprint density at radius 3 is 2.20 bits per heavy atom. The molecule has 0 spiro atoms. The Kier molecular flexibility index (Phi) is 3.10. The van der Waals surface area contributed by atoms with E-state index in [2.05, 4.69) is 0 Å². The molecule has 0 fully saturated rings. The van der Waals surface area contributed by atoms with E-state index in [0.29, 0.717) is 0 Å². The van der Waals surface area contributed by atoms with E-state index < -0.39 is 17.5 Å². The smallest absolute Gasteiger partial charge is 0.293 e. The van der Waals surface area contributed by atoms with E-state index in [1.54, 1.807) is 6.07 Å². The first-order valence-corrected chi connectivity index (χ1v) is 4.02. The number of nitrogens with zero attached hydrogens (tertiary/aromatic N) is 1. The molecule has 78 valence electrons. The van der Waals surface area contributed by atoms with Gasteiger partial charge in [-0.05, 0) is 12.1 Å². The van der Waals surface area contributed by atoms with Crippen LogP contribution in [-0.2, 0) is 6.18 Å². The van der Waals surface area contributed by atoms with Crippen molar-refractivity contribution in [2.24, 2.45) is 0 Å². The van der Waals surface area contributed by atoms with Crippen molar-refractivity contribution in [3.63, 3.8) is 0 Å². The maximum absolute atomic E-state index is 12.1. The van der Waals surface area contributed by atoms with Gasteiger partial charge in [0.05, 0.1) is 18.1 Å². The molecule has 0 N–H and O–H groups in total. The fourth-order valence-corrected chi connectivity index (χ4v) is 1.02. The normalized spacial score (nSPS) is 10.8. The van der Waals surface area contributed by atoms with Crippen LogP contribution in [0.1, 0.15) is 22.3 Å². The summed E-state index contributed by atoms with van der Waals surface area (Å²) in [5, 5.41) is 8.23. The zero-order valence-corrected chi connectivity index (χ0v) is 7.51. The van der Waals surface area contributed by atoms with Crippen LogP contribution in [0, 0.1) is 11.3 Å². The highest BCUT2D eigenvalue weighted by atomic mass is 19.4. The summed E-state index contributed by atoms with van der Waals surface area (Å²) in [7, 11) is 0. The van der Waals surface area contributed by atoms with E-state index in [4.69, 9.17) is 5.26 Å². The first-order chi connectivity index (χ1) is 6.95. The van der Waals surface area contributed by atoms with Crippen molar-refractivity contribution in [2.45, 2.75) is 12.6 Å². The molecule has 2 nitrogen and oxygen atoms in total. The minimum atomic E-state index is -4.41. The third kappa shape index (κ3) is 2.81. The van der Waals surface area contributed by atoms with Gasteiger partial charge in [-0.15, -0.1) is 0 Å². The summed E-state index contributed by atoms with van der Waals surface area (Å²) < 4.78 is 36.4. The van der Waals surface area contributed by atoms with Gasteiger partial charge in [-0.2, -0.15) is 18.4 Å². The number of alkyl halides is 3. The maximum Gasteiger partial charge on any atom is 0.416 e. The van der Waals surface area contributed by atoms with Gasteiger partial charge in [0.2, 0.25) is 0 Å². The molecule has 1 aromatic rings. The van der Waals surface area contributed by atoms with Crippen molar-refractivity contribution in [1.82, 2.24) is 0 Å². The minimum absolute atomic E-state index is 0.115. The molecule has 0 saturated heterocycles. The van der Waals surface area contributed by atoms with Gasteiger partial charge in [0.25, 0.3) is 0 Å². The molecule has 0 aliphatic carbocycles. The number of benzene rings is 1. The van der Waals surface area contributed by atoms with Crippen molar-refractivity contribution < 1.29 is 18.0 Å². The zero-order chi connectivity index (χ0) is 11.5. The first-order valence-electron chi connectivity index (χ1n) is 4.02. The second-order valence-electron chi connectivity index (χ2n) is 2.83.